The van der Waals surface area contributed by atoms with Gasteiger partial charge in [0.15, 0.2) is 0 Å². The highest BCUT2D eigenvalue weighted by atomic mass is 16.4. The number of hydrogen-bond acceptors (Lipinski definition) is 2. The molecule has 0 spiro atoms. The standard InChI is InChI=1S/C14H18N2O3/c17-13(10-11-4-2-1-3-5-11)16-8-6-12(7-9-16)15-14(18)19/h1-5,12,15H,6-10H2,(H,18,19). The van der Waals surface area contributed by atoms with Crippen molar-refractivity contribution >= 4 is 12.0 Å². The maximum Gasteiger partial charge on any atom is 0.404 e. The van der Waals surface area contributed by atoms with Gasteiger partial charge in [-0.15, -0.1) is 0 Å². The number of carbonyl (C=O) groups excluding carboxylic acids is 1. The third-order valence-electron chi connectivity index (χ3n) is 3.37. The molecule has 0 radical (unpaired) electrons. The van der Waals surface area contributed by atoms with Crippen molar-refractivity contribution in [3.8, 4) is 0 Å². The maximum atomic E-state index is 12.1. The van der Waals surface area contributed by atoms with Crippen LogP contribution in [0.1, 0.15) is 18.4 Å². The molecule has 0 bridgehead atoms. The minimum Gasteiger partial charge on any atom is -0.465 e. The Morgan fingerprint density at radius 3 is 2.42 bits per heavy atom. The Hall–Kier alpha value is -2.04. The molecule has 1 heterocycles. The van der Waals surface area contributed by atoms with Crippen molar-refractivity contribution in [1.29, 1.82) is 0 Å². The zero-order chi connectivity index (χ0) is 13.7. The first-order valence-electron chi connectivity index (χ1n) is 6.46. The summed E-state index contributed by atoms with van der Waals surface area (Å²) < 4.78 is 0. The molecule has 1 aromatic rings. The second-order valence-electron chi connectivity index (χ2n) is 4.77. The number of rotatable bonds is 3. The summed E-state index contributed by atoms with van der Waals surface area (Å²) in [6.45, 7) is 1.24. The van der Waals surface area contributed by atoms with Crippen LogP contribution in [0.15, 0.2) is 30.3 Å². The number of nitrogens with zero attached hydrogens (tertiary/aromatic N) is 1. The van der Waals surface area contributed by atoms with Gasteiger partial charge in [-0.25, -0.2) is 4.79 Å². The van der Waals surface area contributed by atoms with Gasteiger partial charge in [-0.1, -0.05) is 30.3 Å². The lowest BCUT2D eigenvalue weighted by molar-refractivity contribution is -0.131. The molecular weight excluding hydrogens is 244 g/mol. The third kappa shape index (κ3) is 3.98. The summed E-state index contributed by atoms with van der Waals surface area (Å²) in [5, 5.41) is 11.1. The van der Waals surface area contributed by atoms with Crippen LogP contribution in [0.4, 0.5) is 4.79 Å². The molecular formula is C14H18N2O3. The Morgan fingerprint density at radius 2 is 1.84 bits per heavy atom. The lowest BCUT2D eigenvalue weighted by Gasteiger charge is -2.31. The van der Waals surface area contributed by atoms with Crippen LogP contribution >= 0.6 is 0 Å². The number of nitrogens with one attached hydrogen (secondary N) is 1. The van der Waals surface area contributed by atoms with E-state index >= 15 is 0 Å². The number of carboxylic acid groups (broad SMARTS) is 1. The van der Waals surface area contributed by atoms with Crippen molar-refractivity contribution in [2.24, 2.45) is 0 Å². The fourth-order valence-corrected chi connectivity index (χ4v) is 2.33. The van der Waals surface area contributed by atoms with E-state index in [1.807, 2.05) is 35.2 Å². The van der Waals surface area contributed by atoms with Crippen LogP contribution in [0.3, 0.4) is 0 Å². The number of likely N-dealkylation sites (tertiary alicyclic amines) is 1. The fraction of sp³-hybridized carbons (Fsp3) is 0.429. The van der Waals surface area contributed by atoms with Crippen molar-refractivity contribution < 1.29 is 14.7 Å². The fourth-order valence-electron chi connectivity index (χ4n) is 2.33. The molecule has 1 aromatic carbocycles. The molecule has 102 valence electrons. The summed E-state index contributed by atoms with van der Waals surface area (Å²) in [4.78, 5) is 24.4. The van der Waals surface area contributed by atoms with Gasteiger partial charge in [-0.3, -0.25) is 4.79 Å². The Morgan fingerprint density at radius 1 is 1.21 bits per heavy atom. The van der Waals surface area contributed by atoms with Crippen LogP contribution in [0.2, 0.25) is 0 Å². The van der Waals surface area contributed by atoms with Gasteiger partial charge in [-0.2, -0.15) is 0 Å². The van der Waals surface area contributed by atoms with E-state index in [1.54, 1.807) is 0 Å². The van der Waals surface area contributed by atoms with Crippen molar-refractivity contribution in [1.82, 2.24) is 10.2 Å². The first-order valence-corrected chi connectivity index (χ1v) is 6.46. The van der Waals surface area contributed by atoms with Crippen molar-refractivity contribution in [3.05, 3.63) is 35.9 Å². The molecule has 1 aliphatic heterocycles. The van der Waals surface area contributed by atoms with Crippen LogP contribution < -0.4 is 5.32 Å². The van der Waals surface area contributed by atoms with Crippen LogP contribution in [0.5, 0.6) is 0 Å². The minimum absolute atomic E-state index is 0.0294. The zero-order valence-electron chi connectivity index (χ0n) is 10.7. The maximum absolute atomic E-state index is 12.1. The van der Waals surface area contributed by atoms with Crippen LogP contribution in [-0.4, -0.2) is 41.1 Å². The second kappa shape index (κ2) is 6.22. The van der Waals surface area contributed by atoms with Gasteiger partial charge >= 0.3 is 6.09 Å². The molecule has 1 aliphatic rings. The number of benzene rings is 1. The Bertz CT molecular complexity index is 439. The van der Waals surface area contributed by atoms with E-state index in [-0.39, 0.29) is 11.9 Å². The Kier molecular flexibility index (Phi) is 4.39. The molecule has 2 rings (SSSR count). The molecule has 5 heteroatoms. The molecule has 19 heavy (non-hydrogen) atoms. The van der Waals surface area contributed by atoms with Gasteiger partial charge in [-0.05, 0) is 18.4 Å². The predicted molar refractivity (Wildman–Crippen MR) is 70.9 cm³/mol. The number of amides is 2. The highest BCUT2D eigenvalue weighted by Gasteiger charge is 2.23. The van der Waals surface area contributed by atoms with E-state index in [4.69, 9.17) is 5.11 Å². The van der Waals surface area contributed by atoms with Gasteiger partial charge in [0.05, 0.1) is 6.42 Å². The summed E-state index contributed by atoms with van der Waals surface area (Å²) >= 11 is 0. The smallest absolute Gasteiger partial charge is 0.404 e. The average Bonchev–Trinajstić information content (AvgIpc) is 2.40. The number of piperidine rings is 1. The third-order valence-corrected chi connectivity index (χ3v) is 3.37. The van der Waals surface area contributed by atoms with Gasteiger partial charge in [0.2, 0.25) is 5.91 Å². The number of carbonyl (C=O) groups is 2. The molecule has 0 aliphatic carbocycles. The topological polar surface area (TPSA) is 69.6 Å². The molecule has 0 aromatic heterocycles. The van der Waals surface area contributed by atoms with Gasteiger partial charge < -0.3 is 15.3 Å². The lowest BCUT2D eigenvalue weighted by Crippen LogP contribution is -2.46. The SMILES string of the molecule is O=C(O)NC1CCN(C(=O)Cc2ccccc2)CC1. The zero-order valence-corrected chi connectivity index (χ0v) is 10.7. The largest absolute Gasteiger partial charge is 0.465 e. The van der Waals surface area contributed by atoms with E-state index in [0.29, 0.717) is 32.4 Å². The van der Waals surface area contributed by atoms with E-state index in [1.165, 1.54) is 0 Å². The summed E-state index contributed by atoms with van der Waals surface area (Å²) in [6, 6.07) is 9.62. The average molecular weight is 262 g/mol. The molecule has 0 unspecified atom stereocenters. The van der Waals surface area contributed by atoms with Crippen LogP contribution in [-0.2, 0) is 11.2 Å². The van der Waals surface area contributed by atoms with Crippen LogP contribution in [0.25, 0.3) is 0 Å². The van der Waals surface area contributed by atoms with E-state index in [9.17, 15) is 9.59 Å². The molecule has 0 atom stereocenters. The molecule has 0 saturated carbocycles. The summed E-state index contributed by atoms with van der Waals surface area (Å²) in [7, 11) is 0. The second-order valence-corrected chi connectivity index (χ2v) is 4.77. The van der Waals surface area contributed by atoms with Crippen LogP contribution in [0, 0.1) is 0 Å². The molecule has 1 saturated heterocycles. The van der Waals surface area contributed by atoms with E-state index in [0.717, 1.165) is 5.56 Å². The molecule has 1 fully saturated rings. The normalized spacial score (nSPS) is 16.1. The van der Waals surface area contributed by atoms with E-state index in [2.05, 4.69) is 5.32 Å². The Labute approximate surface area is 112 Å². The van der Waals surface area contributed by atoms with Gasteiger partial charge in [0.1, 0.15) is 0 Å². The van der Waals surface area contributed by atoms with E-state index < -0.39 is 6.09 Å². The molecule has 2 amide bonds. The Balaban J connectivity index is 1.81. The molecule has 5 nitrogen and oxygen atoms in total. The summed E-state index contributed by atoms with van der Waals surface area (Å²) in [5.41, 5.74) is 1.01. The quantitative estimate of drug-likeness (QED) is 0.867. The summed E-state index contributed by atoms with van der Waals surface area (Å²) in [5.74, 6) is 0.111. The van der Waals surface area contributed by atoms with Gasteiger partial charge in [0, 0.05) is 19.1 Å². The van der Waals surface area contributed by atoms with Gasteiger partial charge in [0.25, 0.3) is 0 Å². The minimum atomic E-state index is -0.992. The highest BCUT2D eigenvalue weighted by Crippen LogP contribution is 2.12. The lowest BCUT2D eigenvalue weighted by atomic mass is 10.0. The highest BCUT2D eigenvalue weighted by molar-refractivity contribution is 5.78. The monoisotopic (exact) mass is 262 g/mol. The first kappa shape index (κ1) is 13.4. The first-order chi connectivity index (χ1) is 9.15. The summed E-state index contributed by atoms with van der Waals surface area (Å²) in [6.07, 6.45) is 0.798. The predicted octanol–water partition coefficient (Wildman–Crippen LogP) is 1.49. The molecule has 2 N–H and O–H groups in total. The number of hydrogen-bond donors (Lipinski definition) is 2. The van der Waals surface area contributed by atoms with Crippen molar-refractivity contribution in [3.63, 3.8) is 0 Å². The van der Waals surface area contributed by atoms with Crippen molar-refractivity contribution in [2.75, 3.05) is 13.1 Å². The van der Waals surface area contributed by atoms with Crippen molar-refractivity contribution in [2.45, 2.75) is 25.3 Å².